The summed E-state index contributed by atoms with van der Waals surface area (Å²) in [4.78, 5) is 30.9. The fourth-order valence-corrected chi connectivity index (χ4v) is 5.60. The number of nitrogens with zero attached hydrogens (tertiary/aromatic N) is 3. The molecule has 1 fully saturated rings. The number of nitrogens with one attached hydrogen (secondary N) is 1. The van der Waals surface area contributed by atoms with E-state index >= 15 is 0 Å². The van der Waals surface area contributed by atoms with Gasteiger partial charge in [0.05, 0.1) is 18.1 Å². The molecule has 11 heteroatoms. The van der Waals surface area contributed by atoms with Gasteiger partial charge in [-0.05, 0) is 73.1 Å². The average molecular weight is 547 g/mol. The maximum absolute atomic E-state index is 13.1. The summed E-state index contributed by atoms with van der Waals surface area (Å²) in [5.41, 5.74) is 2.44. The van der Waals surface area contributed by atoms with E-state index in [-0.39, 0.29) is 29.7 Å². The summed E-state index contributed by atoms with van der Waals surface area (Å²) in [6, 6.07) is 10.7. The molecule has 0 aliphatic heterocycles. The Hall–Kier alpha value is -3.76. The van der Waals surface area contributed by atoms with Crippen LogP contribution in [0.5, 0.6) is 5.75 Å². The molecule has 0 radical (unpaired) electrons. The standard InChI is InChI=1S/C28H33F3N4O4/c1-17-12-20(15-27(2,3)14-17)35-23-13-18(25(37)34(4)16-24(36)38-5)6-11-22(23)33-26(35)32-19-7-9-21(10-8-19)39-28(29,30)31/h6-11,13,17,20H,12,14-16H2,1-5H3,(H,32,33)/t17?,20-/m0/s1. The molecule has 2 atom stereocenters. The van der Waals surface area contributed by atoms with Gasteiger partial charge in [0.15, 0.2) is 0 Å². The first kappa shape index (κ1) is 28.3. The molecule has 1 unspecified atom stereocenters. The van der Waals surface area contributed by atoms with Gasteiger partial charge in [-0.25, -0.2) is 4.98 Å². The number of esters is 1. The van der Waals surface area contributed by atoms with Crippen LogP contribution in [0.15, 0.2) is 42.5 Å². The Kier molecular flexibility index (Phi) is 7.81. The molecule has 1 aliphatic rings. The molecule has 1 amide bonds. The first-order valence-electron chi connectivity index (χ1n) is 12.7. The lowest BCUT2D eigenvalue weighted by Crippen LogP contribution is -2.32. The molecule has 39 heavy (non-hydrogen) atoms. The topological polar surface area (TPSA) is 85.7 Å². The van der Waals surface area contributed by atoms with Crippen LogP contribution in [0.25, 0.3) is 11.0 Å². The first-order valence-corrected chi connectivity index (χ1v) is 12.7. The zero-order valence-electron chi connectivity index (χ0n) is 22.6. The van der Waals surface area contributed by atoms with Crippen LogP contribution in [0.1, 0.15) is 56.4 Å². The summed E-state index contributed by atoms with van der Waals surface area (Å²) in [6.45, 7) is 6.51. The number of amides is 1. The molecule has 1 saturated carbocycles. The van der Waals surface area contributed by atoms with E-state index in [0.29, 0.717) is 28.6 Å². The van der Waals surface area contributed by atoms with Crippen molar-refractivity contribution in [2.24, 2.45) is 11.3 Å². The quantitative estimate of drug-likeness (QED) is 0.350. The van der Waals surface area contributed by atoms with Crippen LogP contribution in [-0.4, -0.2) is 53.4 Å². The third-order valence-corrected chi connectivity index (χ3v) is 6.95. The van der Waals surface area contributed by atoms with Crippen LogP contribution in [0, 0.1) is 11.3 Å². The number of methoxy groups -OCH3 is 1. The lowest BCUT2D eigenvalue weighted by molar-refractivity contribution is -0.274. The second-order valence-corrected chi connectivity index (χ2v) is 11.0. The number of likely N-dealkylation sites (N-methyl/N-ethyl adjacent to an activating group) is 1. The molecule has 0 bridgehead atoms. The summed E-state index contributed by atoms with van der Waals surface area (Å²) < 4.78 is 48.5. The van der Waals surface area contributed by atoms with Crippen molar-refractivity contribution >= 4 is 34.5 Å². The van der Waals surface area contributed by atoms with Gasteiger partial charge in [-0.1, -0.05) is 20.8 Å². The maximum Gasteiger partial charge on any atom is 0.573 e. The zero-order chi connectivity index (χ0) is 28.5. The van der Waals surface area contributed by atoms with Crippen molar-refractivity contribution in [2.45, 2.75) is 52.4 Å². The summed E-state index contributed by atoms with van der Waals surface area (Å²) in [6.07, 6.45) is -1.90. The highest BCUT2D eigenvalue weighted by Crippen LogP contribution is 2.46. The van der Waals surface area contributed by atoms with Gasteiger partial charge in [-0.3, -0.25) is 9.59 Å². The number of anilines is 2. The van der Waals surface area contributed by atoms with Crippen LogP contribution in [0.4, 0.5) is 24.8 Å². The Labute approximate surface area is 225 Å². The number of rotatable bonds is 7. The van der Waals surface area contributed by atoms with E-state index in [2.05, 4.69) is 40.1 Å². The third-order valence-electron chi connectivity index (χ3n) is 6.95. The van der Waals surface area contributed by atoms with Gasteiger partial charge in [0.1, 0.15) is 12.3 Å². The molecule has 2 aromatic carbocycles. The van der Waals surface area contributed by atoms with Crippen molar-refractivity contribution in [3.63, 3.8) is 0 Å². The summed E-state index contributed by atoms with van der Waals surface area (Å²) in [5.74, 6) is -0.185. The van der Waals surface area contributed by atoms with Crippen LogP contribution < -0.4 is 10.1 Å². The second-order valence-electron chi connectivity index (χ2n) is 11.0. The van der Waals surface area contributed by atoms with Crippen molar-refractivity contribution in [3.8, 4) is 5.75 Å². The van der Waals surface area contributed by atoms with Gasteiger partial charge in [0, 0.05) is 24.3 Å². The number of halogens is 3. The molecular formula is C28H33F3N4O4. The predicted molar refractivity (Wildman–Crippen MR) is 141 cm³/mol. The predicted octanol–water partition coefficient (Wildman–Crippen LogP) is 6.31. The first-order chi connectivity index (χ1) is 18.2. The van der Waals surface area contributed by atoms with E-state index in [1.807, 2.05) is 0 Å². The number of hydrogen-bond acceptors (Lipinski definition) is 6. The van der Waals surface area contributed by atoms with Crippen molar-refractivity contribution in [2.75, 3.05) is 26.0 Å². The summed E-state index contributed by atoms with van der Waals surface area (Å²) >= 11 is 0. The zero-order valence-corrected chi connectivity index (χ0v) is 22.6. The minimum atomic E-state index is -4.77. The number of ether oxygens (including phenoxy) is 2. The highest BCUT2D eigenvalue weighted by molar-refractivity contribution is 5.99. The van der Waals surface area contributed by atoms with E-state index in [1.165, 1.54) is 43.3 Å². The molecule has 1 heterocycles. The minimum absolute atomic E-state index is 0.0715. The second kappa shape index (κ2) is 10.8. The lowest BCUT2D eigenvalue weighted by Gasteiger charge is -2.40. The van der Waals surface area contributed by atoms with Gasteiger partial charge < -0.3 is 24.3 Å². The Morgan fingerprint density at radius 3 is 2.46 bits per heavy atom. The van der Waals surface area contributed by atoms with Crippen LogP contribution in [0.2, 0.25) is 0 Å². The van der Waals surface area contributed by atoms with Crippen LogP contribution in [-0.2, 0) is 9.53 Å². The molecule has 1 aromatic heterocycles. The molecule has 1 aliphatic carbocycles. The maximum atomic E-state index is 13.1. The van der Waals surface area contributed by atoms with Crippen LogP contribution in [0.3, 0.4) is 0 Å². The van der Waals surface area contributed by atoms with Gasteiger partial charge in [0.25, 0.3) is 5.91 Å². The molecule has 210 valence electrons. The molecular weight excluding hydrogens is 513 g/mol. The largest absolute Gasteiger partial charge is 0.573 e. The van der Waals surface area contributed by atoms with Crippen molar-refractivity contribution in [1.29, 1.82) is 0 Å². The highest BCUT2D eigenvalue weighted by atomic mass is 19.4. The number of carbonyl (C=O) groups is 2. The number of aromatic nitrogens is 2. The fraction of sp³-hybridized carbons (Fsp3) is 0.464. The number of hydrogen-bond donors (Lipinski definition) is 1. The lowest BCUT2D eigenvalue weighted by atomic mass is 9.70. The fourth-order valence-electron chi connectivity index (χ4n) is 5.60. The van der Waals surface area contributed by atoms with E-state index in [4.69, 9.17) is 4.98 Å². The number of imidazole rings is 1. The number of fused-ring (bicyclic) bond motifs is 1. The van der Waals surface area contributed by atoms with E-state index < -0.39 is 12.3 Å². The third kappa shape index (κ3) is 6.82. The van der Waals surface area contributed by atoms with Gasteiger partial charge in [-0.2, -0.15) is 0 Å². The Bertz CT molecular complexity index is 1350. The van der Waals surface area contributed by atoms with E-state index in [9.17, 15) is 22.8 Å². The monoisotopic (exact) mass is 546 g/mol. The SMILES string of the molecule is COC(=O)CN(C)C(=O)c1ccc2nc(Nc3ccc(OC(F)(F)F)cc3)n([C@H]3CC(C)CC(C)(C)C3)c2c1. The van der Waals surface area contributed by atoms with E-state index in [1.54, 1.807) is 18.2 Å². The normalized spacial score (nSPS) is 19.0. The van der Waals surface area contributed by atoms with Crippen LogP contribution >= 0.6 is 0 Å². The summed E-state index contributed by atoms with van der Waals surface area (Å²) in [7, 11) is 2.80. The van der Waals surface area contributed by atoms with Gasteiger partial charge >= 0.3 is 12.3 Å². The average Bonchev–Trinajstić information content (AvgIpc) is 3.19. The van der Waals surface area contributed by atoms with Gasteiger partial charge in [0.2, 0.25) is 5.95 Å². The number of alkyl halides is 3. The minimum Gasteiger partial charge on any atom is -0.468 e. The van der Waals surface area contributed by atoms with Crippen molar-refractivity contribution in [3.05, 3.63) is 48.0 Å². The molecule has 4 rings (SSSR count). The molecule has 0 spiro atoms. The Morgan fingerprint density at radius 1 is 1.15 bits per heavy atom. The highest BCUT2D eigenvalue weighted by Gasteiger charge is 2.35. The Balaban J connectivity index is 1.73. The number of benzene rings is 2. The van der Waals surface area contributed by atoms with Crippen molar-refractivity contribution in [1.82, 2.24) is 14.5 Å². The molecule has 3 aromatic rings. The molecule has 8 nitrogen and oxygen atoms in total. The van der Waals surface area contributed by atoms with Crippen molar-refractivity contribution < 1.29 is 32.2 Å². The number of carbonyl (C=O) groups excluding carboxylic acids is 2. The molecule has 1 N–H and O–H groups in total. The van der Waals surface area contributed by atoms with Gasteiger partial charge in [-0.15, -0.1) is 13.2 Å². The summed E-state index contributed by atoms with van der Waals surface area (Å²) in [5, 5.41) is 3.26. The smallest absolute Gasteiger partial charge is 0.468 e. The van der Waals surface area contributed by atoms with E-state index in [0.717, 1.165) is 24.8 Å². The Morgan fingerprint density at radius 2 is 1.85 bits per heavy atom. The molecule has 0 saturated heterocycles.